The zero-order chi connectivity index (χ0) is 26.5. The summed E-state index contributed by atoms with van der Waals surface area (Å²) in [6, 6.07) is 15.5. The maximum absolute atomic E-state index is 13.7. The first-order valence-electron chi connectivity index (χ1n) is 12.5. The lowest BCUT2D eigenvalue weighted by Crippen LogP contribution is -2.49. The van der Waals surface area contributed by atoms with Gasteiger partial charge in [0.05, 0.1) is 19.8 Å². The number of fused-ring (bicyclic) bond motifs is 1. The average Bonchev–Trinajstić information content (AvgIpc) is 2.90. The highest BCUT2D eigenvalue weighted by atomic mass is 19.1. The highest BCUT2D eigenvalue weighted by Gasteiger charge is 2.34. The number of likely N-dealkylation sites (N-methyl/N-ethyl adjacent to an activating group) is 1. The van der Waals surface area contributed by atoms with Crippen LogP contribution in [0.15, 0.2) is 60.8 Å². The SMILES string of the molecule is COc1ccccc1-c1cnc2c(c1)C(=O)N([C@@H](C)CO)C[C@@H](C)[C@H](CN(C)Cc1cccc(F)c1)O2. The first kappa shape index (κ1) is 26.6. The number of hydrogen-bond donors (Lipinski definition) is 1. The molecule has 1 aromatic heterocycles. The molecule has 37 heavy (non-hydrogen) atoms. The quantitative estimate of drug-likeness (QED) is 0.492. The smallest absolute Gasteiger partial charge is 0.259 e. The van der Waals surface area contributed by atoms with Crippen molar-refractivity contribution in [2.24, 2.45) is 5.92 Å². The van der Waals surface area contributed by atoms with E-state index in [0.717, 1.165) is 16.7 Å². The van der Waals surface area contributed by atoms with Crippen LogP contribution in [0, 0.1) is 11.7 Å². The molecule has 196 valence electrons. The molecule has 1 aliphatic rings. The Labute approximate surface area is 217 Å². The van der Waals surface area contributed by atoms with Crippen LogP contribution in [0.4, 0.5) is 4.39 Å². The molecule has 1 aliphatic heterocycles. The van der Waals surface area contributed by atoms with Gasteiger partial charge in [-0.15, -0.1) is 0 Å². The summed E-state index contributed by atoms with van der Waals surface area (Å²) < 4.78 is 25.6. The number of hydrogen-bond acceptors (Lipinski definition) is 6. The van der Waals surface area contributed by atoms with E-state index in [4.69, 9.17) is 9.47 Å². The van der Waals surface area contributed by atoms with Gasteiger partial charge in [0.25, 0.3) is 5.91 Å². The minimum Gasteiger partial charge on any atom is -0.496 e. The van der Waals surface area contributed by atoms with Crippen molar-refractivity contribution >= 4 is 5.91 Å². The zero-order valence-corrected chi connectivity index (χ0v) is 21.7. The third-order valence-electron chi connectivity index (χ3n) is 6.77. The molecule has 3 atom stereocenters. The van der Waals surface area contributed by atoms with Gasteiger partial charge < -0.3 is 19.5 Å². The lowest BCUT2D eigenvalue weighted by molar-refractivity contribution is 0.0325. The van der Waals surface area contributed by atoms with E-state index in [1.165, 1.54) is 12.1 Å². The Morgan fingerprint density at radius 3 is 2.73 bits per heavy atom. The fourth-order valence-corrected chi connectivity index (χ4v) is 4.67. The number of carbonyl (C=O) groups excluding carboxylic acids is 1. The van der Waals surface area contributed by atoms with Crippen LogP contribution >= 0.6 is 0 Å². The van der Waals surface area contributed by atoms with Gasteiger partial charge in [0.15, 0.2) is 0 Å². The van der Waals surface area contributed by atoms with Gasteiger partial charge in [-0.3, -0.25) is 9.69 Å². The average molecular weight is 508 g/mol. The van der Waals surface area contributed by atoms with Gasteiger partial charge in [-0.05, 0) is 43.8 Å². The van der Waals surface area contributed by atoms with Gasteiger partial charge in [0.1, 0.15) is 23.2 Å². The summed E-state index contributed by atoms with van der Waals surface area (Å²) in [6.07, 6.45) is 1.40. The van der Waals surface area contributed by atoms with Crippen molar-refractivity contribution in [1.82, 2.24) is 14.8 Å². The van der Waals surface area contributed by atoms with E-state index in [9.17, 15) is 14.3 Å². The Morgan fingerprint density at radius 2 is 2.00 bits per heavy atom. The van der Waals surface area contributed by atoms with Gasteiger partial charge >= 0.3 is 0 Å². The molecular weight excluding hydrogens is 473 g/mol. The van der Waals surface area contributed by atoms with Crippen LogP contribution < -0.4 is 9.47 Å². The molecule has 2 aromatic carbocycles. The second-order valence-corrected chi connectivity index (χ2v) is 9.73. The summed E-state index contributed by atoms with van der Waals surface area (Å²) in [5.41, 5.74) is 2.76. The number of benzene rings is 2. The maximum atomic E-state index is 13.7. The third-order valence-corrected chi connectivity index (χ3v) is 6.77. The minimum absolute atomic E-state index is 0.0447. The van der Waals surface area contributed by atoms with Crippen molar-refractivity contribution in [2.75, 3.05) is 33.9 Å². The zero-order valence-electron chi connectivity index (χ0n) is 21.7. The predicted octanol–water partition coefficient (Wildman–Crippen LogP) is 4.25. The standard InChI is InChI=1S/C29H34FN3O4/c1-19-15-33(20(2)18-34)29(35)25-13-22(24-10-5-6-11-26(24)36-4)14-31-28(25)37-27(19)17-32(3)16-21-8-7-9-23(30)12-21/h5-14,19-20,27,34H,15-18H2,1-4H3/t19-,20+,27+/m1/s1. The number of aromatic nitrogens is 1. The van der Waals surface area contributed by atoms with Crippen molar-refractivity contribution in [3.05, 3.63) is 77.7 Å². The Kier molecular flexibility index (Phi) is 8.41. The molecule has 0 saturated carbocycles. The highest BCUT2D eigenvalue weighted by molar-refractivity contribution is 5.98. The lowest BCUT2D eigenvalue weighted by Gasteiger charge is -2.37. The molecule has 0 aliphatic carbocycles. The molecule has 1 N–H and O–H groups in total. The van der Waals surface area contributed by atoms with E-state index >= 15 is 0 Å². The van der Waals surface area contributed by atoms with Gasteiger partial charge in [0, 0.05) is 42.9 Å². The number of carbonyl (C=O) groups is 1. The first-order valence-corrected chi connectivity index (χ1v) is 12.5. The van der Waals surface area contributed by atoms with Crippen molar-refractivity contribution in [1.29, 1.82) is 0 Å². The van der Waals surface area contributed by atoms with Crippen molar-refractivity contribution < 1.29 is 23.8 Å². The Balaban J connectivity index is 1.67. The van der Waals surface area contributed by atoms with Crippen LogP contribution in [0.25, 0.3) is 11.1 Å². The van der Waals surface area contributed by atoms with E-state index in [2.05, 4.69) is 9.88 Å². The third kappa shape index (κ3) is 6.09. The van der Waals surface area contributed by atoms with E-state index in [1.54, 1.807) is 30.3 Å². The van der Waals surface area contributed by atoms with Crippen LogP contribution in [-0.4, -0.2) is 71.8 Å². The Morgan fingerprint density at radius 1 is 1.22 bits per heavy atom. The summed E-state index contributed by atoms with van der Waals surface area (Å²) in [7, 11) is 3.56. The highest BCUT2D eigenvalue weighted by Crippen LogP contribution is 2.34. The first-order chi connectivity index (χ1) is 17.8. The molecule has 0 radical (unpaired) electrons. The maximum Gasteiger partial charge on any atom is 0.259 e. The number of halogens is 1. The number of amides is 1. The molecule has 4 rings (SSSR count). The summed E-state index contributed by atoms with van der Waals surface area (Å²) in [5, 5.41) is 9.90. The van der Waals surface area contributed by atoms with E-state index in [0.29, 0.717) is 30.9 Å². The Hall–Kier alpha value is -3.49. The predicted molar refractivity (Wildman–Crippen MR) is 140 cm³/mol. The van der Waals surface area contributed by atoms with Gasteiger partial charge in [0.2, 0.25) is 5.88 Å². The number of nitrogens with zero attached hydrogens (tertiary/aromatic N) is 3. The van der Waals surface area contributed by atoms with Crippen LogP contribution in [0.2, 0.25) is 0 Å². The molecule has 0 bridgehead atoms. The largest absolute Gasteiger partial charge is 0.496 e. The fourth-order valence-electron chi connectivity index (χ4n) is 4.67. The van der Waals surface area contributed by atoms with Gasteiger partial charge in [-0.2, -0.15) is 0 Å². The molecule has 0 saturated heterocycles. The summed E-state index contributed by atoms with van der Waals surface area (Å²) in [4.78, 5) is 22.0. The summed E-state index contributed by atoms with van der Waals surface area (Å²) >= 11 is 0. The monoisotopic (exact) mass is 507 g/mol. The molecule has 2 heterocycles. The van der Waals surface area contributed by atoms with E-state index in [1.807, 2.05) is 51.2 Å². The molecule has 0 fully saturated rings. The second kappa shape index (κ2) is 11.7. The van der Waals surface area contributed by atoms with Crippen molar-refractivity contribution in [3.8, 4) is 22.8 Å². The molecule has 8 heteroatoms. The van der Waals surface area contributed by atoms with Gasteiger partial charge in [-0.1, -0.05) is 37.3 Å². The Bertz CT molecular complexity index is 1240. The molecule has 7 nitrogen and oxygen atoms in total. The van der Waals surface area contributed by atoms with Crippen LogP contribution in [0.1, 0.15) is 29.8 Å². The number of aliphatic hydroxyl groups excluding tert-OH is 1. The summed E-state index contributed by atoms with van der Waals surface area (Å²) in [6.45, 7) is 5.21. The fraction of sp³-hybridized carbons (Fsp3) is 0.379. The lowest BCUT2D eigenvalue weighted by atomic mass is 9.99. The second-order valence-electron chi connectivity index (χ2n) is 9.73. The van der Waals surface area contributed by atoms with Crippen molar-refractivity contribution in [3.63, 3.8) is 0 Å². The number of ether oxygens (including phenoxy) is 2. The molecule has 3 aromatic rings. The van der Waals surface area contributed by atoms with Crippen molar-refractivity contribution in [2.45, 2.75) is 32.5 Å². The molecule has 0 unspecified atom stereocenters. The van der Waals surface area contributed by atoms with E-state index < -0.39 is 0 Å². The number of aliphatic hydroxyl groups is 1. The number of pyridine rings is 1. The topological polar surface area (TPSA) is 75.1 Å². The number of rotatable bonds is 8. The van der Waals surface area contributed by atoms with E-state index in [-0.39, 0.29) is 42.3 Å². The van der Waals surface area contributed by atoms with Crippen LogP contribution in [0.3, 0.4) is 0 Å². The molecule has 0 spiro atoms. The molecule has 1 amide bonds. The van der Waals surface area contributed by atoms with Gasteiger partial charge in [-0.25, -0.2) is 9.37 Å². The molecular formula is C29H34FN3O4. The summed E-state index contributed by atoms with van der Waals surface area (Å²) in [5.74, 6) is 0.387. The number of para-hydroxylation sites is 1. The minimum atomic E-state index is -0.374. The van der Waals surface area contributed by atoms with Crippen LogP contribution in [0.5, 0.6) is 11.6 Å². The normalized spacial score (nSPS) is 18.6. The number of methoxy groups -OCH3 is 1. The van der Waals surface area contributed by atoms with Crippen LogP contribution in [-0.2, 0) is 6.54 Å².